The molecule has 0 spiro atoms. The van der Waals surface area contributed by atoms with E-state index in [1.54, 1.807) is 0 Å². The second-order valence-corrected chi connectivity index (χ2v) is 8.37. The Bertz CT molecular complexity index is 880. The molecule has 2 N–H and O–H groups in total. The molecule has 0 saturated carbocycles. The SMILES string of the molecule is Cc1ccc(Cl)cc1N1CCN(C(=O)[C@H](NC(=O)Nc2ccccc2)C(C)C)CC1. The number of piperazine rings is 1. The number of rotatable bonds is 5. The number of hydrogen-bond acceptors (Lipinski definition) is 3. The van der Waals surface area contributed by atoms with Crippen LogP contribution in [0.5, 0.6) is 0 Å². The van der Waals surface area contributed by atoms with Crippen molar-refractivity contribution < 1.29 is 9.59 Å². The fourth-order valence-electron chi connectivity index (χ4n) is 3.63. The summed E-state index contributed by atoms with van der Waals surface area (Å²) in [5.74, 6) is -0.0668. The molecule has 2 aromatic rings. The third-order valence-corrected chi connectivity index (χ3v) is 5.59. The van der Waals surface area contributed by atoms with E-state index in [0.29, 0.717) is 23.8 Å². The number of carbonyl (C=O) groups is 2. The van der Waals surface area contributed by atoms with Crippen LogP contribution < -0.4 is 15.5 Å². The minimum atomic E-state index is -0.576. The molecule has 1 heterocycles. The molecule has 3 rings (SSSR count). The fourth-order valence-corrected chi connectivity index (χ4v) is 3.80. The highest BCUT2D eigenvalue weighted by atomic mass is 35.5. The summed E-state index contributed by atoms with van der Waals surface area (Å²) in [7, 11) is 0. The number of anilines is 2. The summed E-state index contributed by atoms with van der Waals surface area (Å²) in [5.41, 5.74) is 2.96. The summed E-state index contributed by atoms with van der Waals surface area (Å²) in [6, 6.07) is 14.1. The van der Waals surface area contributed by atoms with Crippen LogP contribution in [0.3, 0.4) is 0 Å². The molecule has 0 unspecified atom stereocenters. The van der Waals surface area contributed by atoms with E-state index in [2.05, 4.69) is 22.5 Å². The van der Waals surface area contributed by atoms with Gasteiger partial charge in [-0.1, -0.05) is 49.7 Å². The van der Waals surface area contributed by atoms with Crippen LogP contribution in [0, 0.1) is 12.8 Å². The highest BCUT2D eigenvalue weighted by Crippen LogP contribution is 2.25. The summed E-state index contributed by atoms with van der Waals surface area (Å²) < 4.78 is 0. The monoisotopic (exact) mass is 428 g/mol. The first-order valence-electron chi connectivity index (χ1n) is 10.3. The van der Waals surface area contributed by atoms with Crippen LogP contribution in [-0.4, -0.2) is 49.1 Å². The van der Waals surface area contributed by atoms with Gasteiger partial charge in [-0.25, -0.2) is 4.79 Å². The summed E-state index contributed by atoms with van der Waals surface area (Å²) in [5, 5.41) is 6.34. The second kappa shape index (κ2) is 9.85. The normalized spacial score (nSPS) is 15.1. The largest absolute Gasteiger partial charge is 0.368 e. The zero-order chi connectivity index (χ0) is 21.7. The van der Waals surface area contributed by atoms with Crippen LogP contribution in [0.1, 0.15) is 19.4 Å². The molecule has 0 bridgehead atoms. The molecule has 2 aromatic carbocycles. The average molecular weight is 429 g/mol. The first-order valence-corrected chi connectivity index (χ1v) is 10.7. The van der Waals surface area contributed by atoms with E-state index in [-0.39, 0.29) is 17.9 Å². The average Bonchev–Trinajstić information content (AvgIpc) is 2.74. The molecule has 0 aromatic heterocycles. The summed E-state index contributed by atoms with van der Waals surface area (Å²) in [4.78, 5) is 29.6. The maximum atomic E-state index is 13.1. The highest BCUT2D eigenvalue weighted by Gasteiger charge is 2.31. The zero-order valence-corrected chi connectivity index (χ0v) is 18.4. The van der Waals surface area contributed by atoms with E-state index in [1.165, 1.54) is 5.56 Å². The predicted molar refractivity (Wildman–Crippen MR) is 122 cm³/mol. The van der Waals surface area contributed by atoms with Gasteiger partial charge in [-0.05, 0) is 42.7 Å². The quantitative estimate of drug-likeness (QED) is 0.752. The van der Waals surface area contributed by atoms with Crippen LogP contribution in [0.15, 0.2) is 48.5 Å². The number of nitrogens with one attached hydrogen (secondary N) is 2. The van der Waals surface area contributed by atoms with Gasteiger partial charge < -0.3 is 20.4 Å². The van der Waals surface area contributed by atoms with Gasteiger partial charge in [0.05, 0.1) is 0 Å². The van der Waals surface area contributed by atoms with Crippen molar-refractivity contribution in [3.8, 4) is 0 Å². The zero-order valence-electron chi connectivity index (χ0n) is 17.7. The molecule has 1 saturated heterocycles. The number of benzene rings is 2. The third kappa shape index (κ3) is 5.45. The van der Waals surface area contributed by atoms with E-state index >= 15 is 0 Å². The van der Waals surface area contributed by atoms with E-state index in [9.17, 15) is 9.59 Å². The lowest BCUT2D eigenvalue weighted by atomic mass is 10.0. The first-order chi connectivity index (χ1) is 14.3. The Hall–Kier alpha value is -2.73. The Labute approximate surface area is 183 Å². The van der Waals surface area contributed by atoms with Crippen molar-refractivity contribution in [3.05, 3.63) is 59.1 Å². The van der Waals surface area contributed by atoms with E-state index in [0.717, 1.165) is 18.8 Å². The van der Waals surface area contributed by atoms with Gasteiger partial charge in [0.1, 0.15) is 6.04 Å². The molecule has 6 nitrogen and oxygen atoms in total. The van der Waals surface area contributed by atoms with Gasteiger partial charge >= 0.3 is 6.03 Å². The Kier molecular flexibility index (Phi) is 7.21. The Morgan fingerprint density at radius 3 is 2.30 bits per heavy atom. The van der Waals surface area contributed by atoms with E-state index in [4.69, 9.17) is 11.6 Å². The van der Waals surface area contributed by atoms with Crippen LogP contribution in [0.2, 0.25) is 5.02 Å². The van der Waals surface area contributed by atoms with E-state index in [1.807, 2.05) is 67.3 Å². The van der Waals surface area contributed by atoms with Gasteiger partial charge in [0, 0.05) is 42.6 Å². The summed E-state index contributed by atoms with van der Waals surface area (Å²) >= 11 is 6.16. The van der Waals surface area contributed by atoms with E-state index < -0.39 is 6.04 Å². The molecule has 1 aliphatic heterocycles. The van der Waals surface area contributed by atoms with Crippen molar-refractivity contribution in [2.75, 3.05) is 36.4 Å². The molecule has 7 heteroatoms. The number of aryl methyl sites for hydroxylation is 1. The Morgan fingerprint density at radius 1 is 1.00 bits per heavy atom. The molecule has 1 aliphatic rings. The second-order valence-electron chi connectivity index (χ2n) is 7.93. The van der Waals surface area contributed by atoms with Crippen molar-refractivity contribution in [1.82, 2.24) is 10.2 Å². The summed E-state index contributed by atoms with van der Waals surface area (Å²) in [6.45, 7) is 8.62. The number of carbonyl (C=O) groups excluding carboxylic acids is 2. The number of urea groups is 1. The van der Waals surface area contributed by atoms with Gasteiger partial charge in [-0.2, -0.15) is 0 Å². The summed E-state index contributed by atoms with van der Waals surface area (Å²) in [6.07, 6.45) is 0. The first kappa shape index (κ1) is 22.0. The number of amides is 3. The lowest BCUT2D eigenvalue weighted by Crippen LogP contribution is -2.57. The number of halogens is 1. The van der Waals surface area contributed by atoms with Crippen molar-refractivity contribution in [3.63, 3.8) is 0 Å². The maximum absolute atomic E-state index is 13.1. The molecule has 30 heavy (non-hydrogen) atoms. The smallest absolute Gasteiger partial charge is 0.319 e. The molecule has 3 amide bonds. The van der Waals surface area contributed by atoms with Crippen molar-refractivity contribution in [2.45, 2.75) is 26.8 Å². The standard InChI is InChI=1S/C23H29ClN4O2/c1-16(2)21(26-23(30)25-19-7-5-4-6-8-19)22(29)28-13-11-27(12-14-28)20-15-18(24)10-9-17(20)3/h4-10,15-16,21H,11-14H2,1-3H3,(H2,25,26,30)/t21-/m1/s1. The molecule has 0 aliphatic carbocycles. The number of nitrogens with zero attached hydrogens (tertiary/aromatic N) is 2. The van der Waals surface area contributed by atoms with Gasteiger partial charge in [0.15, 0.2) is 0 Å². The molecule has 160 valence electrons. The van der Waals surface area contributed by atoms with Crippen LogP contribution in [-0.2, 0) is 4.79 Å². The van der Waals surface area contributed by atoms with Crippen LogP contribution in [0.25, 0.3) is 0 Å². The molecular formula is C23H29ClN4O2. The minimum absolute atomic E-state index is 0.0211. The lowest BCUT2D eigenvalue weighted by Gasteiger charge is -2.38. The molecular weight excluding hydrogens is 400 g/mol. The van der Waals surface area contributed by atoms with Crippen LogP contribution >= 0.6 is 11.6 Å². The Morgan fingerprint density at radius 2 is 1.67 bits per heavy atom. The third-order valence-electron chi connectivity index (χ3n) is 5.35. The van der Waals surface area contributed by atoms with Gasteiger partial charge in [0.2, 0.25) is 5.91 Å². The van der Waals surface area contributed by atoms with Crippen molar-refractivity contribution in [2.24, 2.45) is 5.92 Å². The lowest BCUT2D eigenvalue weighted by molar-refractivity contribution is -0.134. The predicted octanol–water partition coefficient (Wildman–Crippen LogP) is 4.14. The van der Waals surface area contributed by atoms with Gasteiger partial charge in [0.25, 0.3) is 0 Å². The Balaban J connectivity index is 1.60. The minimum Gasteiger partial charge on any atom is -0.368 e. The van der Waals surface area contributed by atoms with Crippen molar-refractivity contribution >= 4 is 34.9 Å². The number of para-hydroxylation sites is 1. The van der Waals surface area contributed by atoms with Gasteiger partial charge in [-0.3, -0.25) is 4.79 Å². The fraction of sp³-hybridized carbons (Fsp3) is 0.391. The molecule has 1 fully saturated rings. The maximum Gasteiger partial charge on any atom is 0.319 e. The highest BCUT2D eigenvalue weighted by molar-refractivity contribution is 6.30. The molecule has 1 atom stereocenters. The topological polar surface area (TPSA) is 64.7 Å². The van der Waals surface area contributed by atoms with Crippen molar-refractivity contribution in [1.29, 1.82) is 0 Å². The number of hydrogen-bond donors (Lipinski definition) is 2. The van der Waals surface area contributed by atoms with Gasteiger partial charge in [-0.15, -0.1) is 0 Å². The molecule has 0 radical (unpaired) electrons. The van der Waals surface area contributed by atoms with Crippen LogP contribution in [0.4, 0.5) is 16.2 Å².